The summed E-state index contributed by atoms with van der Waals surface area (Å²) in [6.45, 7) is 9.36. The van der Waals surface area contributed by atoms with E-state index in [-0.39, 0.29) is 46.9 Å². The molecule has 2 aromatic heterocycles. The Morgan fingerprint density at radius 3 is 2.49 bits per heavy atom. The number of rotatable bonds is 5. The lowest BCUT2D eigenvalue weighted by Gasteiger charge is -2.26. The number of alkyl halides is 2. The average molecular weight is 506 g/mol. The monoisotopic (exact) mass is 505 g/mol. The first kappa shape index (κ1) is 24.7. The molecule has 1 atom stereocenters. The van der Waals surface area contributed by atoms with Crippen molar-refractivity contribution >= 4 is 26.7 Å². The molecule has 184 valence electrons. The van der Waals surface area contributed by atoms with Gasteiger partial charge in [0.1, 0.15) is 29.2 Å². The lowest BCUT2D eigenvalue weighted by molar-refractivity contribution is 0.146. The zero-order valence-corrected chi connectivity index (χ0v) is 19.7. The maximum Gasteiger partial charge on any atom is 0.266 e. The number of aryl methyl sites for hydroxylation is 1. The van der Waals surface area contributed by atoms with E-state index >= 15 is 0 Å². The maximum atomic E-state index is 14.7. The van der Waals surface area contributed by atoms with E-state index in [9.17, 15) is 26.4 Å². The molecule has 8 nitrogen and oxygen atoms in total. The highest BCUT2D eigenvalue weighted by atomic mass is 32.2. The molecule has 0 spiro atoms. The van der Waals surface area contributed by atoms with Crippen molar-refractivity contribution < 1.29 is 21.6 Å². The molecule has 1 N–H and O–H groups in total. The van der Waals surface area contributed by atoms with Crippen LogP contribution in [-0.4, -0.2) is 34.5 Å². The highest BCUT2D eigenvalue weighted by Gasteiger charge is 2.47. The number of pyridine rings is 1. The van der Waals surface area contributed by atoms with Crippen LogP contribution in [0.1, 0.15) is 48.9 Å². The minimum absolute atomic E-state index is 0.00900. The van der Waals surface area contributed by atoms with E-state index in [0.29, 0.717) is 5.39 Å². The molecule has 1 fully saturated rings. The summed E-state index contributed by atoms with van der Waals surface area (Å²) in [6, 6.07) is 4.46. The summed E-state index contributed by atoms with van der Waals surface area (Å²) in [5.41, 5.74) is -2.11. The van der Waals surface area contributed by atoms with Gasteiger partial charge in [0.2, 0.25) is 0 Å². The van der Waals surface area contributed by atoms with Gasteiger partial charge in [-0.05, 0) is 13.0 Å². The molecule has 0 saturated carbocycles. The van der Waals surface area contributed by atoms with Crippen molar-refractivity contribution in [1.29, 1.82) is 0 Å². The molecule has 0 unspecified atom stereocenters. The molecule has 3 aromatic rings. The van der Waals surface area contributed by atoms with Crippen LogP contribution in [0.2, 0.25) is 0 Å². The summed E-state index contributed by atoms with van der Waals surface area (Å²) in [7, 11) is -1.80. The van der Waals surface area contributed by atoms with Crippen LogP contribution >= 0.6 is 0 Å². The van der Waals surface area contributed by atoms with Gasteiger partial charge in [0.25, 0.3) is 17.5 Å². The van der Waals surface area contributed by atoms with Crippen LogP contribution in [0.4, 0.5) is 19.0 Å². The SMILES string of the molecule is [C-]#[N+]C1(c2cc3c(N[C@H](C)c4cccc(C(F)F)c4F)ncnc3n(C)c2=O)CCS(=O)(=O)CC1. The van der Waals surface area contributed by atoms with Gasteiger partial charge in [-0.3, -0.25) is 9.36 Å². The molecule has 1 saturated heterocycles. The first-order chi connectivity index (χ1) is 16.5. The van der Waals surface area contributed by atoms with Gasteiger partial charge in [-0.2, -0.15) is 0 Å². The second-order valence-electron chi connectivity index (χ2n) is 8.59. The molecule has 35 heavy (non-hydrogen) atoms. The summed E-state index contributed by atoms with van der Waals surface area (Å²) in [5.74, 6) is -1.22. The minimum atomic E-state index is -3.28. The fourth-order valence-electron chi connectivity index (χ4n) is 4.39. The van der Waals surface area contributed by atoms with Crippen LogP contribution in [0, 0.1) is 12.4 Å². The number of sulfone groups is 1. The van der Waals surface area contributed by atoms with E-state index in [1.807, 2.05) is 0 Å². The summed E-state index contributed by atoms with van der Waals surface area (Å²) in [5, 5.41) is 3.36. The summed E-state index contributed by atoms with van der Waals surface area (Å²) in [4.78, 5) is 25.2. The fourth-order valence-corrected chi connectivity index (χ4v) is 5.89. The van der Waals surface area contributed by atoms with Gasteiger partial charge in [0, 0.05) is 25.5 Å². The highest BCUT2D eigenvalue weighted by Crippen LogP contribution is 2.38. The quantitative estimate of drug-likeness (QED) is 0.528. The third-order valence-electron chi connectivity index (χ3n) is 6.49. The van der Waals surface area contributed by atoms with E-state index in [0.717, 1.165) is 6.07 Å². The zero-order chi connectivity index (χ0) is 25.5. The van der Waals surface area contributed by atoms with Crippen LogP contribution < -0.4 is 10.9 Å². The van der Waals surface area contributed by atoms with E-state index < -0.39 is 44.8 Å². The molecular weight excluding hydrogens is 483 g/mol. The number of halogens is 3. The number of aromatic nitrogens is 3. The third kappa shape index (κ3) is 4.36. The van der Waals surface area contributed by atoms with E-state index in [4.69, 9.17) is 6.57 Å². The normalized spacial score (nSPS) is 17.7. The summed E-state index contributed by atoms with van der Waals surface area (Å²) in [6.07, 6.45) is -1.79. The number of nitrogens with zero attached hydrogens (tertiary/aromatic N) is 4. The third-order valence-corrected chi connectivity index (χ3v) is 8.14. The smallest absolute Gasteiger partial charge is 0.266 e. The van der Waals surface area contributed by atoms with Crippen molar-refractivity contribution in [2.45, 2.75) is 37.8 Å². The van der Waals surface area contributed by atoms with Crippen LogP contribution in [0.5, 0.6) is 0 Å². The largest absolute Gasteiger partial charge is 0.363 e. The first-order valence-electron chi connectivity index (χ1n) is 10.8. The molecule has 0 amide bonds. The Hall–Kier alpha value is -3.46. The van der Waals surface area contributed by atoms with Gasteiger partial charge in [-0.1, -0.05) is 18.2 Å². The van der Waals surface area contributed by atoms with Crippen LogP contribution in [-0.2, 0) is 22.4 Å². The van der Waals surface area contributed by atoms with Gasteiger partial charge in [0.05, 0.1) is 28.5 Å². The van der Waals surface area contributed by atoms with Crippen molar-refractivity contribution in [2.24, 2.45) is 7.05 Å². The second-order valence-corrected chi connectivity index (χ2v) is 10.9. The van der Waals surface area contributed by atoms with Crippen LogP contribution in [0.25, 0.3) is 15.9 Å². The number of hydrogen-bond acceptors (Lipinski definition) is 6. The number of nitrogens with one attached hydrogen (secondary N) is 1. The van der Waals surface area contributed by atoms with Gasteiger partial charge in [0.15, 0.2) is 9.84 Å². The van der Waals surface area contributed by atoms with E-state index in [2.05, 4.69) is 20.1 Å². The fraction of sp³-hybridized carbons (Fsp3) is 0.391. The van der Waals surface area contributed by atoms with Gasteiger partial charge < -0.3 is 10.2 Å². The van der Waals surface area contributed by atoms with Crippen molar-refractivity contribution in [2.75, 3.05) is 16.8 Å². The predicted octanol–water partition coefficient (Wildman–Crippen LogP) is 3.90. The summed E-state index contributed by atoms with van der Waals surface area (Å²) >= 11 is 0. The van der Waals surface area contributed by atoms with Gasteiger partial charge >= 0.3 is 0 Å². The van der Waals surface area contributed by atoms with Crippen molar-refractivity contribution in [3.63, 3.8) is 0 Å². The van der Waals surface area contributed by atoms with Crippen LogP contribution in [0.15, 0.2) is 35.4 Å². The molecule has 3 heterocycles. The Labute approximate surface area is 199 Å². The molecule has 4 rings (SSSR count). The number of hydrogen-bond donors (Lipinski definition) is 1. The van der Waals surface area contributed by atoms with Crippen LogP contribution in [0.3, 0.4) is 0 Å². The Balaban J connectivity index is 1.82. The number of anilines is 1. The predicted molar refractivity (Wildman–Crippen MR) is 124 cm³/mol. The Morgan fingerprint density at radius 1 is 1.20 bits per heavy atom. The Morgan fingerprint density at radius 2 is 1.86 bits per heavy atom. The van der Waals surface area contributed by atoms with Crippen molar-refractivity contribution in [1.82, 2.24) is 14.5 Å². The number of benzene rings is 1. The zero-order valence-electron chi connectivity index (χ0n) is 18.9. The highest BCUT2D eigenvalue weighted by molar-refractivity contribution is 7.91. The molecule has 1 aromatic carbocycles. The first-order valence-corrected chi connectivity index (χ1v) is 12.6. The molecule has 0 bridgehead atoms. The van der Waals surface area contributed by atoms with Gasteiger partial charge in [-0.25, -0.2) is 38.1 Å². The second kappa shape index (κ2) is 8.96. The Bertz CT molecular complexity index is 1500. The molecule has 0 radical (unpaired) electrons. The maximum absolute atomic E-state index is 14.7. The average Bonchev–Trinajstić information content (AvgIpc) is 2.82. The van der Waals surface area contributed by atoms with E-state index in [1.54, 1.807) is 6.92 Å². The topological polar surface area (TPSA) is 98.3 Å². The molecule has 12 heteroatoms. The minimum Gasteiger partial charge on any atom is -0.363 e. The molecular formula is C23H22F3N5O3S. The lowest BCUT2D eigenvalue weighted by Crippen LogP contribution is -2.40. The molecule has 1 aliphatic heterocycles. The summed E-state index contributed by atoms with van der Waals surface area (Å²) < 4.78 is 66.2. The van der Waals surface area contributed by atoms with Crippen molar-refractivity contribution in [3.8, 4) is 0 Å². The molecule has 1 aliphatic rings. The number of fused-ring (bicyclic) bond motifs is 1. The van der Waals surface area contributed by atoms with E-state index in [1.165, 1.54) is 36.1 Å². The Kier molecular flexibility index (Phi) is 6.31. The standard InChI is InChI=1S/C23H22F3N5O3S/c1-13(14-5-4-6-15(18(14)24)19(25)26)30-20-16-11-17(22(32)31(3)21(16)29-12-28-20)23(27-2)7-9-35(33,34)10-8-23/h4-6,11-13,19H,7-10H2,1,3H3,(H,28,29,30)/t13-/m1/s1. The van der Waals surface area contributed by atoms with Gasteiger partial charge in [-0.15, -0.1) is 0 Å². The van der Waals surface area contributed by atoms with Crippen molar-refractivity contribution in [3.05, 3.63) is 74.9 Å². The lowest BCUT2D eigenvalue weighted by atomic mass is 9.85. The molecule has 0 aliphatic carbocycles.